The third kappa shape index (κ3) is 8.12. The van der Waals surface area contributed by atoms with Crippen molar-refractivity contribution in [2.45, 2.75) is 31.9 Å². The lowest BCUT2D eigenvalue weighted by atomic mass is 9.82. The van der Waals surface area contributed by atoms with E-state index < -0.39 is 17.8 Å². The van der Waals surface area contributed by atoms with Gasteiger partial charge in [0.1, 0.15) is 5.69 Å². The summed E-state index contributed by atoms with van der Waals surface area (Å²) in [6, 6.07) is 6.48. The highest BCUT2D eigenvalue weighted by atomic mass is 35.5. The maximum atomic E-state index is 12.9. The van der Waals surface area contributed by atoms with Crippen LogP contribution in [0.15, 0.2) is 30.3 Å². The van der Waals surface area contributed by atoms with Crippen LogP contribution in [0.3, 0.4) is 0 Å². The number of carboxylic acid groups (broad SMARTS) is 1. The number of aromatic nitrogens is 1. The minimum atomic E-state index is -4.65. The number of hydrogen-bond donors (Lipinski definition) is 3. The number of nitrogens with zero attached hydrogens (tertiary/aromatic N) is 1. The summed E-state index contributed by atoms with van der Waals surface area (Å²) in [5.41, 5.74) is -0.355. The fourth-order valence-electron chi connectivity index (χ4n) is 3.86. The van der Waals surface area contributed by atoms with Gasteiger partial charge in [0.05, 0.1) is 16.6 Å². The van der Waals surface area contributed by atoms with Crippen molar-refractivity contribution in [3.05, 3.63) is 46.6 Å². The lowest BCUT2D eigenvalue weighted by molar-refractivity contribution is -0.143. The zero-order valence-electron chi connectivity index (χ0n) is 19.9. The van der Waals surface area contributed by atoms with Crippen molar-refractivity contribution >= 4 is 29.2 Å². The first-order valence-corrected chi connectivity index (χ1v) is 11.8. The molecule has 0 spiro atoms. The molecule has 1 aromatic heterocycles. The molecule has 0 radical (unpaired) electrons. The van der Waals surface area contributed by atoms with Crippen LogP contribution in [0, 0.1) is 11.8 Å². The lowest BCUT2D eigenvalue weighted by Gasteiger charge is -2.26. The molecule has 0 atom stereocenters. The van der Waals surface area contributed by atoms with Gasteiger partial charge in [-0.15, -0.1) is 0 Å². The van der Waals surface area contributed by atoms with Crippen molar-refractivity contribution in [1.29, 1.82) is 0 Å². The molecule has 1 aliphatic rings. The van der Waals surface area contributed by atoms with Crippen molar-refractivity contribution < 1.29 is 42.1 Å². The quantitative estimate of drug-likeness (QED) is 0.344. The van der Waals surface area contributed by atoms with Crippen molar-refractivity contribution in [3.63, 3.8) is 0 Å². The van der Waals surface area contributed by atoms with Crippen LogP contribution in [-0.4, -0.2) is 49.1 Å². The monoisotopic (exact) mass is 545 g/mol. The van der Waals surface area contributed by atoms with Gasteiger partial charge in [0.15, 0.2) is 19.3 Å². The number of anilines is 1. The molecule has 1 amide bonds. The van der Waals surface area contributed by atoms with Crippen LogP contribution >= 0.6 is 11.6 Å². The number of benzene rings is 1. The number of amides is 1. The van der Waals surface area contributed by atoms with E-state index in [1.54, 1.807) is 12.1 Å². The summed E-state index contributed by atoms with van der Waals surface area (Å²) in [5.74, 6) is -1.58. The molecule has 9 nitrogen and oxygen atoms in total. The molecule has 1 heterocycles. The second-order valence-electron chi connectivity index (χ2n) is 8.47. The zero-order chi connectivity index (χ0) is 27.0. The molecule has 1 fully saturated rings. The Hall–Kier alpha value is -3.25. The van der Waals surface area contributed by atoms with Crippen molar-refractivity contribution in [2.75, 3.05) is 32.5 Å². The summed E-state index contributed by atoms with van der Waals surface area (Å²) < 4.78 is 54.1. The number of rotatable bonds is 11. The molecule has 37 heavy (non-hydrogen) atoms. The summed E-state index contributed by atoms with van der Waals surface area (Å²) >= 11 is 6.29. The van der Waals surface area contributed by atoms with Crippen LogP contribution < -0.4 is 20.1 Å². The third-order valence-electron chi connectivity index (χ3n) is 5.90. The van der Waals surface area contributed by atoms with Gasteiger partial charge < -0.3 is 30.0 Å². The van der Waals surface area contributed by atoms with Gasteiger partial charge in [-0.25, -0.2) is 4.98 Å². The molecule has 2 aromatic rings. The number of hydrogen-bond acceptors (Lipinski definition) is 7. The fraction of sp³-hybridized carbons (Fsp3) is 0.458. The maximum Gasteiger partial charge on any atom is 0.433 e. The average molecular weight is 546 g/mol. The van der Waals surface area contributed by atoms with Crippen LogP contribution in [0.25, 0.3) is 0 Å². The molecular weight excluding hydrogens is 519 g/mol. The van der Waals surface area contributed by atoms with E-state index in [1.807, 2.05) is 0 Å². The van der Waals surface area contributed by atoms with E-state index in [0.29, 0.717) is 30.6 Å². The van der Waals surface area contributed by atoms with Gasteiger partial charge in [-0.05, 0) is 61.9 Å². The van der Waals surface area contributed by atoms with Gasteiger partial charge in [0, 0.05) is 19.2 Å². The van der Waals surface area contributed by atoms with E-state index >= 15 is 0 Å². The minimum Gasteiger partial charge on any atom is -0.481 e. The van der Waals surface area contributed by atoms with Crippen LogP contribution in [0.5, 0.6) is 11.6 Å². The highest BCUT2D eigenvalue weighted by Gasteiger charge is 2.33. The Morgan fingerprint density at radius 1 is 1.14 bits per heavy atom. The summed E-state index contributed by atoms with van der Waals surface area (Å²) in [7, 11) is 1.31. The third-order valence-corrected chi connectivity index (χ3v) is 6.21. The van der Waals surface area contributed by atoms with Crippen molar-refractivity contribution in [3.8, 4) is 11.6 Å². The molecule has 0 saturated heterocycles. The smallest absolute Gasteiger partial charge is 0.433 e. The Labute approximate surface area is 216 Å². The molecule has 0 aliphatic heterocycles. The van der Waals surface area contributed by atoms with E-state index in [4.69, 9.17) is 30.9 Å². The molecule has 1 aromatic carbocycles. The molecule has 3 rings (SSSR count). The number of methoxy groups -OCH3 is 1. The number of aliphatic carboxylic acids is 1. The topological polar surface area (TPSA) is 119 Å². The number of carbonyl (C=O) groups excluding carboxylic acids is 1. The first-order valence-electron chi connectivity index (χ1n) is 11.5. The number of alkyl halides is 3. The van der Waals surface area contributed by atoms with Crippen LogP contribution in [0.1, 0.15) is 41.7 Å². The summed E-state index contributed by atoms with van der Waals surface area (Å²) in [6.07, 6.45) is -1.95. The Balaban J connectivity index is 1.53. The summed E-state index contributed by atoms with van der Waals surface area (Å²) in [4.78, 5) is 27.0. The van der Waals surface area contributed by atoms with Gasteiger partial charge in [0.25, 0.3) is 11.8 Å². The van der Waals surface area contributed by atoms with E-state index in [-0.39, 0.29) is 47.9 Å². The predicted octanol–water partition coefficient (Wildman–Crippen LogP) is 4.81. The molecule has 202 valence electrons. The van der Waals surface area contributed by atoms with Gasteiger partial charge in [-0.3, -0.25) is 9.59 Å². The van der Waals surface area contributed by atoms with Crippen LogP contribution in [-0.2, 0) is 15.7 Å². The molecule has 1 saturated carbocycles. The highest BCUT2D eigenvalue weighted by Crippen LogP contribution is 2.33. The second kappa shape index (κ2) is 12.8. The molecule has 3 N–H and O–H groups in total. The van der Waals surface area contributed by atoms with Crippen LogP contribution in [0.4, 0.5) is 18.9 Å². The van der Waals surface area contributed by atoms with Crippen molar-refractivity contribution in [1.82, 2.24) is 10.3 Å². The summed E-state index contributed by atoms with van der Waals surface area (Å²) in [5, 5.41) is 15.1. The number of halogens is 4. The average Bonchev–Trinajstić information content (AvgIpc) is 2.87. The highest BCUT2D eigenvalue weighted by molar-refractivity contribution is 6.33. The predicted molar refractivity (Wildman–Crippen MR) is 128 cm³/mol. The molecule has 13 heteroatoms. The molecule has 0 unspecified atom stereocenters. The Kier molecular flexibility index (Phi) is 9.81. The Bertz CT molecular complexity index is 1090. The van der Waals surface area contributed by atoms with Gasteiger partial charge in [-0.2, -0.15) is 13.2 Å². The zero-order valence-corrected chi connectivity index (χ0v) is 20.7. The molecule has 1 aliphatic carbocycles. The molecule has 0 bridgehead atoms. The standard InChI is InChI=1S/C24H27ClF3N3O6/c1-35-13-37-22-19(8-9-20(31-22)24(26,27)28)36-12-30-18-7-6-16(10-17(18)25)21(32)29-11-14-2-4-15(5-3-14)23(33)34/h6-10,14-15,30H,2-5,11-13H2,1H3,(H,29,32)(H,33,34)/t14-,15-. The maximum absolute atomic E-state index is 12.9. The van der Waals surface area contributed by atoms with Gasteiger partial charge in [-0.1, -0.05) is 11.6 Å². The number of nitrogens with one attached hydrogen (secondary N) is 2. The fourth-order valence-corrected chi connectivity index (χ4v) is 4.10. The second-order valence-corrected chi connectivity index (χ2v) is 8.88. The number of pyridine rings is 1. The largest absolute Gasteiger partial charge is 0.481 e. The summed E-state index contributed by atoms with van der Waals surface area (Å²) in [6.45, 7) is -0.0526. The van der Waals surface area contributed by atoms with E-state index in [0.717, 1.165) is 25.0 Å². The first kappa shape index (κ1) is 28.3. The minimum absolute atomic E-state index is 0.0398. The molecular formula is C24H27ClF3N3O6. The van der Waals surface area contributed by atoms with Gasteiger partial charge in [0.2, 0.25) is 0 Å². The van der Waals surface area contributed by atoms with E-state index in [1.165, 1.54) is 13.2 Å². The normalized spacial score (nSPS) is 17.6. The van der Waals surface area contributed by atoms with Crippen LogP contribution in [0.2, 0.25) is 5.02 Å². The SMILES string of the molecule is COCOc1nc(C(F)(F)F)ccc1OCNc1ccc(C(=O)NC[C@H]2CC[C@H](C(=O)O)CC2)cc1Cl. The number of ether oxygens (including phenoxy) is 3. The number of carboxylic acids is 1. The lowest BCUT2D eigenvalue weighted by Crippen LogP contribution is -2.32. The Morgan fingerprint density at radius 2 is 1.86 bits per heavy atom. The van der Waals surface area contributed by atoms with E-state index in [9.17, 15) is 22.8 Å². The van der Waals surface area contributed by atoms with E-state index in [2.05, 4.69) is 15.6 Å². The Morgan fingerprint density at radius 3 is 2.49 bits per heavy atom. The number of carbonyl (C=O) groups is 2. The van der Waals surface area contributed by atoms with Crippen molar-refractivity contribution in [2.24, 2.45) is 11.8 Å². The first-order chi connectivity index (χ1) is 17.6. The van der Waals surface area contributed by atoms with Gasteiger partial charge >= 0.3 is 12.1 Å².